The molecule has 2 bridgehead atoms. The molecule has 3 saturated heterocycles. The quantitative estimate of drug-likeness (QED) is 0.829. The number of piperidine rings is 1. The second-order valence-electron chi connectivity index (χ2n) is 8.32. The molecule has 3 rings (SSSR count). The zero-order valence-corrected chi connectivity index (χ0v) is 14.0. The van der Waals surface area contributed by atoms with Gasteiger partial charge in [0.15, 0.2) is 0 Å². The first-order valence-electron chi connectivity index (χ1n) is 8.67. The molecule has 0 saturated carbocycles. The summed E-state index contributed by atoms with van der Waals surface area (Å²) < 4.78 is 0. The normalized spacial score (nSPS) is 35.0. The highest BCUT2D eigenvalue weighted by molar-refractivity contribution is 5.82. The maximum absolute atomic E-state index is 12.3. The van der Waals surface area contributed by atoms with Gasteiger partial charge < -0.3 is 15.5 Å². The Labute approximate surface area is 133 Å². The Morgan fingerprint density at radius 2 is 1.91 bits per heavy atom. The lowest BCUT2D eigenvalue weighted by molar-refractivity contribution is -0.131. The number of fused-ring (bicyclic) bond motifs is 2. The standard InChI is InChI=1S/C17H29N3O2/c1-17(2,3)20-10-14(9-16(20)22)19-15(21)8-11-6-12-4-5-13(7-11)18-12/h11-14,18H,4-10H2,1-3H3,(H,19,21). The third-order valence-corrected chi connectivity index (χ3v) is 5.34. The van der Waals surface area contributed by atoms with Gasteiger partial charge in [-0.2, -0.15) is 0 Å². The summed E-state index contributed by atoms with van der Waals surface area (Å²) in [7, 11) is 0. The summed E-state index contributed by atoms with van der Waals surface area (Å²) in [6, 6.07) is 1.24. The molecule has 2 amide bonds. The van der Waals surface area contributed by atoms with E-state index in [9.17, 15) is 9.59 Å². The molecule has 5 nitrogen and oxygen atoms in total. The molecule has 0 spiro atoms. The van der Waals surface area contributed by atoms with Crippen molar-refractivity contribution in [2.75, 3.05) is 6.54 Å². The zero-order chi connectivity index (χ0) is 15.9. The van der Waals surface area contributed by atoms with Crippen LogP contribution in [-0.2, 0) is 9.59 Å². The molecule has 0 radical (unpaired) electrons. The summed E-state index contributed by atoms with van der Waals surface area (Å²) in [5.74, 6) is 0.784. The Bertz CT molecular complexity index is 445. The van der Waals surface area contributed by atoms with Gasteiger partial charge in [-0.25, -0.2) is 0 Å². The number of carbonyl (C=O) groups is 2. The summed E-state index contributed by atoms with van der Waals surface area (Å²) in [4.78, 5) is 26.2. The Morgan fingerprint density at radius 1 is 1.27 bits per heavy atom. The van der Waals surface area contributed by atoms with Crippen LogP contribution in [0.4, 0.5) is 0 Å². The van der Waals surface area contributed by atoms with Gasteiger partial charge in [0.2, 0.25) is 11.8 Å². The van der Waals surface area contributed by atoms with E-state index >= 15 is 0 Å². The molecule has 3 unspecified atom stereocenters. The number of likely N-dealkylation sites (tertiary alicyclic amines) is 1. The molecule has 5 heteroatoms. The van der Waals surface area contributed by atoms with Gasteiger partial charge >= 0.3 is 0 Å². The van der Waals surface area contributed by atoms with Crippen molar-refractivity contribution in [2.24, 2.45) is 5.92 Å². The molecule has 3 heterocycles. The number of rotatable bonds is 3. The molecule has 3 fully saturated rings. The lowest BCUT2D eigenvalue weighted by Gasteiger charge is -2.32. The van der Waals surface area contributed by atoms with Gasteiger partial charge in [0.05, 0.1) is 6.04 Å². The first-order valence-corrected chi connectivity index (χ1v) is 8.67. The van der Waals surface area contributed by atoms with Crippen molar-refractivity contribution in [3.8, 4) is 0 Å². The largest absolute Gasteiger partial charge is 0.351 e. The fraction of sp³-hybridized carbons (Fsp3) is 0.882. The summed E-state index contributed by atoms with van der Waals surface area (Å²) >= 11 is 0. The minimum absolute atomic E-state index is 0.0161. The molecular weight excluding hydrogens is 278 g/mol. The average molecular weight is 307 g/mol. The third kappa shape index (κ3) is 3.45. The third-order valence-electron chi connectivity index (χ3n) is 5.34. The lowest BCUT2D eigenvalue weighted by atomic mass is 9.89. The predicted octanol–water partition coefficient (Wildman–Crippen LogP) is 1.42. The van der Waals surface area contributed by atoms with E-state index in [2.05, 4.69) is 10.6 Å². The molecule has 3 aliphatic heterocycles. The van der Waals surface area contributed by atoms with Gasteiger partial charge in [-0.3, -0.25) is 9.59 Å². The highest BCUT2D eigenvalue weighted by atomic mass is 16.2. The Hall–Kier alpha value is -1.10. The monoisotopic (exact) mass is 307 g/mol. The van der Waals surface area contributed by atoms with Crippen molar-refractivity contribution in [3.63, 3.8) is 0 Å². The fourth-order valence-electron chi connectivity index (χ4n) is 4.34. The van der Waals surface area contributed by atoms with Crippen LogP contribution in [0.2, 0.25) is 0 Å². The van der Waals surface area contributed by atoms with Gasteiger partial charge in [0.1, 0.15) is 0 Å². The van der Waals surface area contributed by atoms with Crippen LogP contribution in [0, 0.1) is 5.92 Å². The van der Waals surface area contributed by atoms with Crippen LogP contribution >= 0.6 is 0 Å². The first kappa shape index (κ1) is 15.8. The first-order chi connectivity index (χ1) is 10.3. The van der Waals surface area contributed by atoms with E-state index in [4.69, 9.17) is 0 Å². The van der Waals surface area contributed by atoms with Crippen LogP contribution in [-0.4, -0.2) is 46.9 Å². The van der Waals surface area contributed by atoms with E-state index in [1.54, 1.807) is 0 Å². The Morgan fingerprint density at radius 3 is 2.45 bits per heavy atom. The van der Waals surface area contributed by atoms with Gasteiger partial charge in [0, 0.05) is 37.0 Å². The molecule has 3 atom stereocenters. The lowest BCUT2D eigenvalue weighted by Crippen LogP contribution is -2.45. The van der Waals surface area contributed by atoms with Crippen LogP contribution in [0.5, 0.6) is 0 Å². The summed E-state index contributed by atoms with van der Waals surface area (Å²) in [5.41, 5.74) is -0.162. The highest BCUT2D eigenvalue weighted by Gasteiger charge is 2.38. The minimum Gasteiger partial charge on any atom is -0.351 e. The fourth-order valence-corrected chi connectivity index (χ4v) is 4.34. The summed E-state index contributed by atoms with van der Waals surface area (Å²) in [5, 5.41) is 6.70. The highest BCUT2D eigenvalue weighted by Crippen LogP contribution is 2.32. The number of hydrogen-bond donors (Lipinski definition) is 2. The van der Waals surface area contributed by atoms with Crippen molar-refractivity contribution in [1.29, 1.82) is 0 Å². The van der Waals surface area contributed by atoms with E-state index in [0.717, 1.165) is 12.8 Å². The second kappa shape index (κ2) is 5.84. The molecule has 0 aliphatic carbocycles. The molecule has 3 aliphatic rings. The number of carbonyl (C=O) groups excluding carboxylic acids is 2. The van der Waals surface area contributed by atoms with E-state index in [1.807, 2.05) is 25.7 Å². The topological polar surface area (TPSA) is 61.4 Å². The molecular formula is C17H29N3O2. The maximum Gasteiger partial charge on any atom is 0.225 e. The molecule has 0 aromatic rings. The van der Waals surface area contributed by atoms with Crippen LogP contribution in [0.15, 0.2) is 0 Å². The van der Waals surface area contributed by atoms with Gasteiger partial charge in [0.25, 0.3) is 0 Å². The molecule has 2 N–H and O–H groups in total. The van der Waals surface area contributed by atoms with Crippen LogP contribution < -0.4 is 10.6 Å². The van der Waals surface area contributed by atoms with Crippen molar-refractivity contribution < 1.29 is 9.59 Å². The maximum atomic E-state index is 12.3. The van der Waals surface area contributed by atoms with Crippen molar-refractivity contribution in [1.82, 2.24) is 15.5 Å². The Balaban J connectivity index is 1.47. The van der Waals surface area contributed by atoms with E-state index in [0.29, 0.717) is 37.4 Å². The molecule has 22 heavy (non-hydrogen) atoms. The molecule has 0 aromatic carbocycles. The van der Waals surface area contributed by atoms with Crippen LogP contribution in [0.1, 0.15) is 59.3 Å². The van der Waals surface area contributed by atoms with E-state index in [-0.39, 0.29) is 23.4 Å². The number of amides is 2. The number of nitrogens with zero attached hydrogens (tertiary/aromatic N) is 1. The van der Waals surface area contributed by atoms with Gasteiger partial charge in [-0.1, -0.05) is 0 Å². The second-order valence-corrected chi connectivity index (χ2v) is 8.32. The minimum atomic E-state index is -0.162. The Kier molecular flexibility index (Phi) is 4.19. The summed E-state index contributed by atoms with van der Waals surface area (Å²) in [6.45, 7) is 6.77. The SMILES string of the molecule is CC(C)(C)N1CC(NC(=O)CC2CC3CCC(C2)N3)CC1=O. The van der Waals surface area contributed by atoms with Crippen molar-refractivity contribution >= 4 is 11.8 Å². The predicted molar refractivity (Wildman–Crippen MR) is 85.3 cm³/mol. The van der Waals surface area contributed by atoms with Crippen LogP contribution in [0.3, 0.4) is 0 Å². The van der Waals surface area contributed by atoms with Crippen LogP contribution in [0.25, 0.3) is 0 Å². The van der Waals surface area contributed by atoms with Crippen molar-refractivity contribution in [2.45, 2.75) is 83.0 Å². The number of hydrogen-bond acceptors (Lipinski definition) is 3. The zero-order valence-electron chi connectivity index (χ0n) is 14.0. The molecule has 124 valence electrons. The van der Waals surface area contributed by atoms with E-state index < -0.39 is 0 Å². The number of nitrogens with one attached hydrogen (secondary N) is 2. The molecule has 0 aromatic heterocycles. The smallest absolute Gasteiger partial charge is 0.225 e. The van der Waals surface area contributed by atoms with Crippen molar-refractivity contribution in [3.05, 3.63) is 0 Å². The van der Waals surface area contributed by atoms with Gasteiger partial charge in [-0.05, 0) is 52.4 Å². The van der Waals surface area contributed by atoms with Gasteiger partial charge in [-0.15, -0.1) is 0 Å². The summed E-state index contributed by atoms with van der Waals surface area (Å²) in [6.07, 6.45) is 5.85. The van der Waals surface area contributed by atoms with E-state index in [1.165, 1.54) is 12.8 Å². The average Bonchev–Trinajstić information content (AvgIpc) is 2.92.